The van der Waals surface area contributed by atoms with Gasteiger partial charge < -0.3 is 0 Å². The zero-order valence-corrected chi connectivity index (χ0v) is 9.97. The molecule has 0 radical (unpaired) electrons. The Morgan fingerprint density at radius 2 is 2.11 bits per heavy atom. The minimum Gasteiger partial charge on any atom is -0.267 e. The molecule has 18 heavy (non-hydrogen) atoms. The van der Waals surface area contributed by atoms with Gasteiger partial charge in [0, 0.05) is 11.8 Å². The highest BCUT2D eigenvalue weighted by Crippen LogP contribution is 2.15. The van der Waals surface area contributed by atoms with Crippen LogP contribution >= 0.6 is 0 Å². The van der Waals surface area contributed by atoms with Gasteiger partial charge in [0.15, 0.2) is 0 Å². The van der Waals surface area contributed by atoms with Crippen molar-refractivity contribution in [1.29, 1.82) is 0 Å². The molecule has 1 aliphatic rings. The lowest BCUT2D eigenvalue weighted by molar-refractivity contribution is 0.0955. The monoisotopic (exact) mass is 246 g/mol. The van der Waals surface area contributed by atoms with E-state index in [-0.39, 0.29) is 11.7 Å². The lowest BCUT2D eigenvalue weighted by Crippen LogP contribution is -2.18. The zero-order chi connectivity index (χ0) is 12.8. The maximum atomic E-state index is 12.7. The van der Waals surface area contributed by atoms with Crippen molar-refractivity contribution < 1.29 is 9.18 Å². The van der Waals surface area contributed by atoms with Gasteiger partial charge in [-0.3, -0.25) is 4.79 Å². The van der Waals surface area contributed by atoms with Crippen LogP contribution in [0, 0.1) is 11.7 Å². The molecule has 0 heterocycles. The minimum absolute atomic E-state index is 0.322. The summed E-state index contributed by atoms with van der Waals surface area (Å²) in [6.07, 6.45) is 9.14. The number of nitrogens with one attached hydrogen (secondary N) is 1. The average molecular weight is 246 g/mol. The van der Waals surface area contributed by atoms with E-state index in [4.69, 9.17) is 0 Å². The molecule has 1 atom stereocenters. The van der Waals surface area contributed by atoms with Crippen LogP contribution < -0.4 is 5.43 Å². The Hall–Kier alpha value is -1.97. The quantitative estimate of drug-likeness (QED) is 0.497. The summed E-state index contributed by atoms with van der Waals surface area (Å²) in [6, 6.07) is 5.38. The molecule has 0 spiro atoms. The zero-order valence-electron chi connectivity index (χ0n) is 9.97. The predicted molar refractivity (Wildman–Crippen MR) is 68.8 cm³/mol. The van der Waals surface area contributed by atoms with Crippen molar-refractivity contribution in [3.8, 4) is 0 Å². The normalized spacial score (nSPS) is 19.1. The third kappa shape index (κ3) is 3.52. The van der Waals surface area contributed by atoms with Crippen LogP contribution in [-0.2, 0) is 0 Å². The van der Waals surface area contributed by atoms with E-state index in [9.17, 15) is 9.18 Å². The van der Waals surface area contributed by atoms with E-state index in [1.807, 2.05) is 0 Å². The molecular formula is C14H15FN2O. The molecule has 0 saturated heterocycles. The van der Waals surface area contributed by atoms with Crippen molar-refractivity contribution >= 4 is 12.1 Å². The third-order valence-electron chi connectivity index (χ3n) is 2.87. The summed E-state index contributed by atoms with van der Waals surface area (Å²) in [5.74, 6) is -0.287. The van der Waals surface area contributed by atoms with E-state index >= 15 is 0 Å². The van der Waals surface area contributed by atoms with E-state index in [2.05, 4.69) is 22.7 Å². The molecule has 2 rings (SSSR count). The number of benzene rings is 1. The number of rotatable bonds is 3. The Balaban J connectivity index is 1.86. The van der Waals surface area contributed by atoms with Crippen LogP contribution in [0.5, 0.6) is 0 Å². The number of hydrogen-bond donors (Lipinski definition) is 1. The highest BCUT2D eigenvalue weighted by molar-refractivity contribution is 5.94. The fourth-order valence-corrected chi connectivity index (χ4v) is 1.82. The standard InChI is InChI=1S/C14H15FN2O/c15-13-8-6-12(7-9-13)14(18)17-16-10-11-4-2-1-3-5-11/h1-2,6-11H,3-5H2,(H,17,18)/b16-10-/t11-/m1/s1. The topological polar surface area (TPSA) is 41.5 Å². The second kappa shape index (κ2) is 6.10. The molecular weight excluding hydrogens is 231 g/mol. The molecule has 0 fully saturated rings. The molecule has 1 aromatic carbocycles. The van der Waals surface area contributed by atoms with Gasteiger partial charge in [0.05, 0.1) is 0 Å². The fourth-order valence-electron chi connectivity index (χ4n) is 1.82. The lowest BCUT2D eigenvalue weighted by Gasteiger charge is -2.11. The molecule has 3 nitrogen and oxygen atoms in total. The molecule has 1 amide bonds. The van der Waals surface area contributed by atoms with Crippen LogP contribution in [0.25, 0.3) is 0 Å². The number of allylic oxidation sites excluding steroid dienone is 2. The first-order valence-electron chi connectivity index (χ1n) is 6.00. The van der Waals surface area contributed by atoms with E-state index < -0.39 is 0 Å². The van der Waals surface area contributed by atoms with Crippen molar-refractivity contribution in [3.05, 3.63) is 47.8 Å². The third-order valence-corrected chi connectivity index (χ3v) is 2.87. The van der Waals surface area contributed by atoms with Gasteiger partial charge in [0.1, 0.15) is 5.82 Å². The Morgan fingerprint density at radius 3 is 2.78 bits per heavy atom. The van der Waals surface area contributed by atoms with Crippen LogP contribution in [0.3, 0.4) is 0 Å². The van der Waals surface area contributed by atoms with Gasteiger partial charge in [-0.2, -0.15) is 5.10 Å². The van der Waals surface area contributed by atoms with E-state index in [0.717, 1.165) is 19.3 Å². The molecule has 1 N–H and O–H groups in total. The van der Waals surface area contributed by atoms with E-state index in [1.165, 1.54) is 24.3 Å². The average Bonchev–Trinajstić information content (AvgIpc) is 2.40. The smallest absolute Gasteiger partial charge is 0.267 e. The minimum atomic E-state index is -0.357. The number of nitrogens with zero attached hydrogens (tertiary/aromatic N) is 1. The number of hydrazone groups is 1. The Labute approximate surface area is 105 Å². The summed E-state index contributed by atoms with van der Waals surface area (Å²) < 4.78 is 12.7. The van der Waals surface area contributed by atoms with Crippen molar-refractivity contribution in [2.75, 3.05) is 0 Å². The molecule has 0 aliphatic heterocycles. The van der Waals surface area contributed by atoms with Crippen LogP contribution in [0.4, 0.5) is 4.39 Å². The molecule has 0 saturated carbocycles. The van der Waals surface area contributed by atoms with Crippen molar-refractivity contribution in [1.82, 2.24) is 5.43 Å². The second-order valence-corrected chi connectivity index (χ2v) is 4.27. The molecule has 0 bridgehead atoms. The number of hydrogen-bond acceptors (Lipinski definition) is 2. The Bertz CT molecular complexity index is 465. The fraction of sp³-hybridized carbons (Fsp3) is 0.286. The van der Waals surface area contributed by atoms with Crippen molar-refractivity contribution in [2.24, 2.45) is 11.0 Å². The molecule has 1 aromatic rings. The number of carbonyl (C=O) groups is 1. The van der Waals surface area contributed by atoms with Crippen LogP contribution in [0.15, 0.2) is 41.5 Å². The van der Waals surface area contributed by atoms with E-state index in [1.54, 1.807) is 6.21 Å². The summed E-state index contributed by atoms with van der Waals surface area (Å²) >= 11 is 0. The van der Waals surface area contributed by atoms with Gasteiger partial charge >= 0.3 is 0 Å². The highest BCUT2D eigenvalue weighted by atomic mass is 19.1. The Kier molecular flexibility index (Phi) is 4.23. The molecule has 0 unspecified atom stereocenters. The first kappa shape index (κ1) is 12.5. The highest BCUT2D eigenvalue weighted by Gasteiger charge is 2.07. The van der Waals surface area contributed by atoms with Gasteiger partial charge in [-0.15, -0.1) is 0 Å². The first-order chi connectivity index (χ1) is 8.75. The summed E-state index contributed by atoms with van der Waals surface area (Å²) in [4.78, 5) is 11.6. The lowest BCUT2D eigenvalue weighted by atomic mass is 9.96. The SMILES string of the molecule is O=C(N/N=C\[C@@H]1CC=CCC1)c1ccc(F)cc1. The van der Waals surface area contributed by atoms with Crippen molar-refractivity contribution in [2.45, 2.75) is 19.3 Å². The summed E-state index contributed by atoms with van der Waals surface area (Å²) in [5, 5.41) is 3.94. The van der Waals surface area contributed by atoms with Crippen LogP contribution in [0.2, 0.25) is 0 Å². The summed E-state index contributed by atoms with van der Waals surface area (Å²) in [5.41, 5.74) is 2.85. The Morgan fingerprint density at radius 1 is 1.33 bits per heavy atom. The van der Waals surface area contributed by atoms with Gasteiger partial charge in [0.25, 0.3) is 5.91 Å². The van der Waals surface area contributed by atoms with Crippen LogP contribution in [0.1, 0.15) is 29.6 Å². The van der Waals surface area contributed by atoms with Gasteiger partial charge in [-0.1, -0.05) is 12.2 Å². The summed E-state index contributed by atoms with van der Waals surface area (Å²) in [6.45, 7) is 0. The number of carbonyl (C=O) groups excluding carboxylic acids is 1. The van der Waals surface area contributed by atoms with E-state index in [0.29, 0.717) is 11.5 Å². The van der Waals surface area contributed by atoms with Gasteiger partial charge in [-0.05, 0) is 49.4 Å². The number of amides is 1. The molecule has 94 valence electrons. The molecule has 4 heteroatoms. The second-order valence-electron chi connectivity index (χ2n) is 4.27. The summed E-state index contributed by atoms with van der Waals surface area (Å²) in [7, 11) is 0. The van der Waals surface area contributed by atoms with Crippen molar-refractivity contribution in [3.63, 3.8) is 0 Å². The van der Waals surface area contributed by atoms with Gasteiger partial charge in [0.2, 0.25) is 0 Å². The van der Waals surface area contributed by atoms with Crippen LogP contribution in [-0.4, -0.2) is 12.1 Å². The maximum absolute atomic E-state index is 12.7. The largest absolute Gasteiger partial charge is 0.271 e. The first-order valence-corrected chi connectivity index (χ1v) is 6.00. The molecule has 0 aromatic heterocycles. The number of halogens is 1. The molecule has 1 aliphatic carbocycles. The van der Waals surface area contributed by atoms with Gasteiger partial charge in [-0.25, -0.2) is 9.82 Å². The predicted octanol–water partition coefficient (Wildman–Crippen LogP) is 2.90. The maximum Gasteiger partial charge on any atom is 0.271 e.